The van der Waals surface area contributed by atoms with Gasteiger partial charge in [-0.05, 0) is 30.9 Å². The number of ether oxygens (including phenoxy) is 1. The van der Waals surface area contributed by atoms with Gasteiger partial charge in [-0.1, -0.05) is 18.5 Å². The fourth-order valence-electron chi connectivity index (χ4n) is 1.97. The van der Waals surface area contributed by atoms with Crippen molar-refractivity contribution in [3.8, 4) is 5.75 Å². The van der Waals surface area contributed by atoms with E-state index in [1.807, 2.05) is 4.90 Å². The molecule has 0 saturated carbocycles. The third-order valence-electron chi connectivity index (χ3n) is 3.21. The Kier molecular flexibility index (Phi) is 4.42. The number of hydrogen-bond donors (Lipinski definition) is 0. The number of likely N-dealkylation sites (tertiary alicyclic amines) is 1. The first kappa shape index (κ1) is 13.1. The quantitative estimate of drug-likeness (QED) is 0.791. The summed E-state index contributed by atoms with van der Waals surface area (Å²) in [5.74, 6) is 1.18. The fourth-order valence-corrected chi connectivity index (χ4v) is 2.14. The predicted molar refractivity (Wildman–Crippen MR) is 69.7 cm³/mol. The van der Waals surface area contributed by atoms with E-state index in [0.29, 0.717) is 11.7 Å². The van der Waals surface area contributed by atoms with Crippen molar-refractivity contribution >= 4 is 17.5 Å². The summed E-state index contributed by atoms with van der Waals surface area (Å²) in [7, 11) is 0. The topological polar surface area (TPSA) is 42.4 Å². The number of hydrogen-bond acceptors (Lipinski definition) is 3. The molecule has 98 valence electrons. The molecule has 1 saturated heterocycles. The highest BCUT2D eigenvalue weighted by Crippen LogP contribution is 2.21. The van der Waals surface area contributed by atoms with E-state index in [-0.39, 0.29) is 17.7 Å². The molecular formula is C13H17ClN2O2. The molecule has 1 aromatic rings. The summed E-state index contributed by atoms with van der Waals surface area (Å²) in [5.41, 5.74) is 0. The second-order valence-electron chi connectivity index (χ2n) is 4.64. The third-order valence-corrected chi connectivity index (χ3v) is 3.50. The number of nitrogens with zero attached hydrogens (tertiary/aromatic N) is 2. The number of rotatable bonds is 3. The lowest BCUT2D eigenvalue weighted by molar-refractivity contribution is -0.134. The summed E-state index contributed by atoms with van der Waals surface area (Å²) in [4.78, 5) is 17.7. The highest BCUT2D eigenvalue weighted by molar-refractivity contribution is 6.30. The van der Waals surface area contributed by atoms with Crippen LogP contribution in [0.5, 0.6) is 5.75 Å². The molecule has 1 aromatic heterocycles. The van der Waals surface area contributed by atoms with Crippen LogP contribution < -0.4 is 4.74 Å². The minimum Gasteiger partial charge on any atom is -0.481 e. The molecule has 1 fully saturated rings. The first-order valence-electron chi connectivity index (χ1n) is 6.18. The average molecular weight is 269 g/mol. The molecule has 0 atom stereocenters. The molecule has 1 amide bonds. The molecule has 2 heterocycles. The van der Waals surface area contributed by atoms with Crippen LogP contribution in [0.15, 0.2) is 18.3 Å². The van der Waals surface area contributed by atoms with Gasteiger partial charge < -0.3 is 9.64 Å². The van der Waals surface area contributed by atoms with Crippen LogP contribution in [0.3, 0.4) is 0 Å². The molecule has 0 radical (unpaired) electrons. The number of carbonyl (C=O) groups excluding carboxylic acids is 1. The number of pyridine rings is 1. The molecule has 0 unspecified atom stereocenters. The summed E-state index contributed by atoms with van der Waals surface area (Å²) in [6, 6.07) is 3.44. The molecule has 0 N–H and O–H groups in total. The largest absolute Gasteiger partial charge is 0.481 e. The lowest BCUT2D eigenvalue weighted by atomic mass is 9.99. The highest BCUT2D eigenvalue weighted by Gasteiger charge is 2.20. The number of carbonyl (C=O) groups is 1. The lowest BCUT2D eigenvalue weighted by Crippen LogP contribution is -2.40. The van der Waals surface area contributed by atoms with Gasteiger partial charge in [-0.2, -0.15) is 0 Å². The Balaban J connectivity index is 1.83. The van der Waals surface area contributed by atoms with Gasteiger partial charge in [-0.15, -0.1) is 0 Å². The van der Waals surface area contributed by atoms with Crippen LogP contribution in [-0.2, 0) is 4.79 Å². The Bertz CT molecular complexity index is 417. The maximum absolute atomic E-state index is 11.9. The van der Waals surface area contributed by atoms with Gasteiger partial charge >= 0.3 is 0 Å². The molecule has 0 aliphatic carbocycles. The van der Waals surface area contributed by atoms with Crippen molar-refractivity contribution in [1.82, 2.24) is 9.88 Å². The normalized spacial score (nSPS) is 16.7. The van der Waals surface area contributed by atoms with Gasteiger partial charge in [0.25, 0.3) is 5.91 Å². The van der Waals surface area contributed by atoms with Crippen LogP contribution in [-0.4, -0.2) is 35.5 Å². The van der Waals surface area contributed by atoms with Crippen molar-refractivity contribution in [2.75, 3.05) is 19.7 Å². The first-order chi connectivity index (χ1) is 8.66. The number of aromatic nitrogens is 1. The van der Waals surface area contributed by atoms with Crippen molar-refractivity contribution in [1.29, 1.82) is 0 Å². The Labute approximate surface area is 112 Å². The van der Waals surface area contributed by atoms with Gasteiger partial charge in [0.05, 0.1) is 0 Å². The standard InChI is InChI=1S/C13H17ClN2O2/c1-10-4-7-16(8-5-10)12(17)9-18-11-3-2-6-15-13(11)14/h2-3,6,10H,4-5,7-9H2,1H3. The third kappa shape index (κ3) is 3.35. The minimum atomic E-state index is 0.0156. The minimum absolute atomic E-state index is 0.0156. The van der Waals surface area contributed by atoms with E-state index in [1.54, 1.807) is 18.3 Å². The van der Waals surface area contributed by atoms with E-state index in [0.717, 1.165) is 25.9 Å². The van der Waals surface area contributed by atoms with E-state index in [4.69, 9.17) is 16.3 Å². The average Bonchev–Trinajstić information content (AvgIpc) is 2.38. The van der Waals surface area contributed by atoms with Crippen LogP contribution in [0.1, 0.15) is 19.8 Å². The molecular weight excluding hydrogens is 252 g/mol. The van der Waals surface area contributed by atoms with Gasteiger partial charge in [0, 0.05) is 19.3 Å². The number of piperidine rings is 1. The molecule has 18 heavy (non-hydrogen) atoms. The summed E-state index contributed by atoms with van der Waals surface area (Å²) >= 11 is 5.85. The van der Waals surface area contributed by atoms with Crippen molar-refractivity contribution < 1.29 is 9.53 Å². The van der Waals surface area contributed by atoms with Gasteiger partial charge in [0.2, 0.25) is 0 Å². The van der Waals surface area contributed by atoms with E-state index in [9.17, 15) is 4.79 Å². The zero-order valence-corrected chi connectivity index (χ0v) is 11.2. The van der Waals surface area contributed by atoms with Gasteiger partial charge in [0.15, 0.2) is 17.5 Å². The van der Waals surface area contributed by atoms with Crippen LogP contribution in [0.25, 0.3) is 0 Å². The maximum atomic E-state index is 11.9. The summed E-state index contributed by atoms with van der Waals surface area (Å²) < 4.78 is 5.39. The zero-order chi connectivity index (χ0) is 13.0. The lowest BCUT2D eigenvalue weighted by Gasteiger charge is -2.30. The van der Waals surface area contributed by atoms with Gasteiger partial charge in [-0.3, -0.25) is 4.79 Å². The molecule has 2 rings (SSSR count). The Morgan fingerprint density at radius 3 is 2.94 bits per heavy atom. The van der Waals surface area contributed by atoms with E-state index < -0.39 is 0 Å². The predicted octanol–water partition coefficient (Wildman–Crippen LogP) is 2.37. The summed E-state index contributed by atoms with van der Waals surface area (Å²) in [6.07, 6.45) is 3.72. The molecule has 4 nitrogen and oxygen atoms in total. The fraction of sp³-hybridized carbons (Fsp3) is 0.538. The Morgan fingerprint density at radius 2 is 2.28 bits per heavy atom. The zero-order valence-electron chi connectivity index (χ0n) is 10.4. The van der Waals surface area contributed by atoms with Crippen LogP contribution >= 0.6 is 11.6 Å². The highest BCUT2D eigenvalue weighted by atomic mass is 35.5. The molecule has 0 aromatic carbocycles. The van der Waals surface area contributed by atoms with Crippen LogP contribution in [0, 0.1) is 5.92 Å². The Hall–Kier alpha value is -1.29. The molecule has 1 aliphatic rings. The van der Waals surface area contributed by atoms with E-state index >= 15 is 0 Å². The van der Waals surface area contributed by atoms with Crippen molar-refractivity contribution in [3.05, 3.63) is 23.5 Å². The summed E-state index contributed by atoms with van der Waals surface area (Å²) in [5, 5.41) is 0.289. The van der Waals surface area contributed by atoms with E-state index in [1.165, 1.54) is 0 Å². The molecule has 1 aliphatic heterocycles. The van der Waals surface area contributed by atoms with Crippen molar-refractivity contribution in [3.63, 3.8) is 0 Å². The SMILES string of the molecule is CC1CCN(C(=O)COc2cccnc2Cl)CC1. The van der Waals surface area contributed by atoms with Gasteiger partial charge in [0.1, 0.15) is 0 Å². The molecule has 5 heteroatoms. The second kappa shape index (κ2) is 6.05. The van der Waals surface area contributed by atoms with Crippen LogP contribution in [0.4, 0.5) is 0 Å². The Morgan fingerprint density at radius 1 is 1.56 bits per heavy atom. The smallest absolute Gasteiger partial charge is 0.260 e. The van der Waals surface area contributed by atoms with E-state index in [2.05, 4.69) is 11.9 Å². The number of halogens is 1. The van der Waals surface area contributed by atoms with Crippen LogP contribution in [0.2, 0.25) is 5.15 Å². The maximum Gasteiger partial charge on any atom is 0.260 e. The first-order valence-corrected chi connectivity index (χ1v) is 6.55. The van der Waals surface area contributed by atoms with Crippen molar-refractivity contribution in [2.45, 2.75) is 19.8 Å². The van der Waals surface area contributed by atoms with Gasteiger partial charge in [-0.25, -0.2) is 4.98 Å². The summed E-state index contributed by atoms with van der Waals surface area (Å²) in [6.45, 7) is 3.89. The van der Waals surface area contributed by atoms with Crippen molar-refractivity contribution in [2.24, 2.45) is 5.92 Å². The monoisotopic (exact) mass is 268 g/mol. The molecule has 0 spiro atoms. The molecule has 0 bridgehead atoms. The second-order valence-corrected chi connectivity index (χ2v) is 5.00. The number of amides is 1.